The smallest absolute Gasteiger partial charge is 0.269 e. The Balaban J connectivity index is 1.78. The van der Waals surface area contributed by atoms with Gasteiger partial charge in [0.15, 0.2) is 11.5 Å². The third kappa shape index (κ3) is 5.94. The maximum atomic E-state index is 12.7. The summed E-state index contributed by atoms with van der Waals surface area (Å²) in [6.45, 7) is 4.69. The third-order valence-corrected chi connectivity index (χ3v) is 5.21. The van der Waals surface area contributed by atoms with Crippen LogP contribution in [0.15, 0.2) is 60.7 Å². The van der Waals surface area contributed by atoms with E-state index in [9.17, 15) is 14.9 Å². The zero-order valence-electron chi connectivity index (χ0n) is 17.1. The van der Waals surface area contributed by atoms with E-state index in [2.05, 4.69) is 27.9 Å². The summed E-state index contributed by atoms with van der Waals surface area (Å²) in [4.78, 5) is 23.0. The van der Waals surface area contributed by atoms with Crippen LogP contribution in [0.2, 0.25) is 0 Å². The van der Waals surface area contributed by atoms with Crippen molar-refractivity contribution in [3.63, 3.8) is 0 Å². The highest BCUT2D eigenvalue weighted by atomic mass is 127. The number of non-ortho nitro benzene ring substituents is 1. The summed E-state index contributed by atoms with van der Waals surface area (Å²) >= 11 is 2.12. The number of hydrogen-bond donors (Lipinski definition) is 1. The molecule has 31 heavy (non-hydrogen) atoms. The Morgan fingerprint density at radius 3 is 2.35 bits per heavy atom. The van der Waals surface area contributed by atoms with Gasteiger partial charge in [-0.05, 0) is 66.3 Å². The molecule has 0 aliphatic heterocycles. The fraction of sp³-hybridized carbons (Fsp3) is 0.174. The van der Waals surface area contributed by atoms with Crippen molar-refractivity contribution in [2.75, 3.05) is 11.9 Å². The molecule has 0 fully saturated rings. The number of anilines is 1. The Hall–Kier alpha value is -3.14. The van der Waals surface area contributed by atoms with E-state index < -0.39 is 4.92 Å². The highest BCUT2D eigenvalue weighted by Crippen LogP contribution is 2.35. The molecule has 0 bridgehead atoms. The number of carbonyl (C=O) groups excluding carboxylic acids is 1. The van der Waals surface area contributed by atoms with Crippen molar-refractivity contribution in [1.29, 1.82) is 0 Å². The highest BCUT2D eigenvalue weighted by Gasteiger charge is 2.17. The molecular weight excluding hydrogens is 511 g/mol. The Kier molecular flexibility index (Phi) is 7.45. The largest absolute Gasteiger partial charge is 0.490 e. The number of nitro benzene ring substituents is 1. The molecule has 3 rings (SSSR count). The van der Waals surface area contributed by atoms with Crippen LogP contribution in [0.4, 0.5) is 11.4 Å². The van der Waals surface area contributed by atoms with Crippen molar-refractivity contribution < 1.29 is 19.2 Å². The number of nitrogens with zero attached hydrogens (tertiary/aromatic N) is 1. The first-order chi connectivity index (χ1) is 14.9. The fourth-order valence-electron chi connectivity index (χ4n) is 2.81. The van der Waals surface area contributed by atoms with Crippen LogP contribution in [0.25, 0.3) is 0 Å². The molecule has 3 aromatic carbocycles. The van der Waals surface area contributed by atoms with Crippen molar-refractivity contribution >= 4 is 39.9 Å². The van der Waals surface area contributed by atoms with E-state index in [4.69, 9.17) is 9.47 Å². The minimum Gasteiger partial charge on any atom is -0.490 e. The maximum absolute atomic E-state index is 12.7. The number of carbonyl (C=O) groups is 1. The molecule has 3 aromatic rings. The molecule has 160 valence electrons. The molecule has 1 N–H and O–H groups in total. The second-order valence-electron chi connectivity index (χ2n) is 6.75. The monoisotopic (exact) mass is 532 g/mol. The Morgan fingerprint density at radius 1 is 1.06 bits per heavy atom. The average Bonchev–Trinajstić information content (AvgIpc) is 2.74. The minimum absolute atomic E-state index is 0.0405. The lowest BCUT2D eigenvalue weighted by Gasteiger charge is -2.16. The minimum atomic E-state index is -0.488. The number of aryl methyl sites for hydroxylation is 1. The van der Waals surface area contributed by atoms with Crippen molar-refractivity contribution in [3.8, 4) is 11.5 Å². The van der Waals surface area contributed by atoms with Crippen LogP contribution in [-0.2, 0) is 6.61 Å². The predicted octanol–water partition coefficient (Wildman–Crippen LogP) is 5.74. The number of rotatable bonds is 8. The molecule has 0 saturated heterocycles. The van der Waals surface area contributed by atoms with Crippen molar-refractivity contribution in [2.24, 2.45) is 0 Å². The van der Waals surface area contributed by atoms with Gasteiger partial charge in [0.25, 0.3) is 11.6 Å². The van der Waals surface area contributed by atoms with Crippen LogP contribution in [0.5, 0.6) is 11.5 Å². The fourth-order valence-corrected chi connectivity index (χ4v) is 3.57. The summed E-state index contributed by atoms with van der Waals surface area (Å²) in [5.74, 6) is 0.711. The molecular formula is C23H21IN2O5. The molecule has 0 spiro atoms. The van der Waals surface area contributed by atoms with Gasteiger partial charge in [0.05, 0.1) is 15.1 Å². The summed E-state index contributed by atoms with van der Waals surface area (Å²) in [7, 11) is 0. The molecule has 0 unspecified atom stereocenters. The zero-order valence-corrected chi connectivity index (χ0v) is 19.2. The molecule has 1 amide bonds. The standard InChI is InChI=1S/C23H21IN2O5/c1-3-30-21-13-17(23(27)25-18-8-10-19(11-9-18)26(28)29)12-20(24)22(21)31-14-16-6-4-15(2)5-7-16/h4-13H,3,14H2,1-2H3,(H,25,27). The van der Waals surface area contributed by atoms with Crippen LogP contribution < -0.4 is 14.8 Å². The number of ether oxygens (including phenoxy) is 2. The normalized spacial score (nSPS) is 10.4. The molecule has 0 aliphatic rings. The maximum Gasteiger partial charge on any atom is 0.269 e. The zero-order chi connectivity index (χ0) is 22.4. The Morgan fingerprint density at radius 2 is 1.74 bits per heavy atom. The number of benzene rings is 3. The van der Waals surface area contributed by atoms with Crippen LogP contribution in [-0.4, -0.2) is 17.4 Å². The molecule has 0 radical (unpaired) electrons. The van der Waals surface area contributed by atoms with E-state index in [1.807, 2.05) is 38.1 Å². The highest BCUT2D eigenvalue weighted by molar-refractivity contribution is 14.1. The van der Waals surface area contributed by atoms with Gasteiger partial charge in [-0.1, -0.05) is 29.8 Å². The van der Waals surface area contributed by atoms with Gasteiger partial charge in [0.2, 0.25) is 0 Å². The molecule has 0 aromatic heterocycles. The van der Waals surface area contributed by atoms with Gasteiger partial charge in [-0.3, -0.25) is 14.9 Å². The first kappa shape index (κ1) is 22.5. The van der Waals surface area contributed by atoms with Gasteiger partial charge in [0, 0.05) is 23.4 Å². The van der Waals surface area contributed by atoms with Gasteiger partial charge in [-0.25, -0.2) is 0 Å². The van der Waals surface area contributed by atoms with Crippen molar-refractivity contribution in [2.45, 2.75) is 20.5 Å². The molecule has 0 heterocycles. The number of nitro groups is 1. The SMILES string of the molecule is CCOc1cc(C(=O)Nc2ccc([N+](=O)[O-])cc2)cc(I)c1OCc1ccc(C)cc1. The molecule has 0 atom stereocenters. The number of hydrogen-bond acceptors (Lipinski definition) is 5. The summed E-state index contributed by atoms with van der Waals surface area (Å²) < 4.78 is 12.5. The molecule has 7 nitrogen and oxygen atoms in total. The summed E-state index contributed by atoms with van der Waals surface area (Å²) in [5, 5.41) is 13.5. The number of nitrogens with one attached hydrogen (secondary N) is 1. The van der Waals surface area contributed by atoms with Crippen LogP contribution in [0, 0.1) is 20.6 Å². The number of halogens is 1. The lowest BCUT2D eigenvalue weighted by molar-refractivity contribution is -0.384. The van der Waals surface area contributed by atoms with E-state index in [1.165, 1.54) is 29.8 Å². The van der Waals surface area contributed by atoms with Crippen LogP contribution in [0.3, 0.4) is 0 Å². The van der Waals surface area contributed by atoms with E-state index in [0.717, 1.165) is 9.13 Å². The van der Waals surface area contributed by atoms with Crippen LogP contribution in [0.1, 0.15) is 28.4 Å². The second-order valence-corrected chi connectivity index (χ2v) is 7.91. The van der Waals surface area contributed by atoms with E-state index in [1.54, 1.807) is 12.1 Å². The van der Waals surface area contributed by atoms with Crippen molar-refractivity contribution in [1.82, 2.24) is 0 Å². The first-order valence-electron chi connectivity index (χ1n) is 9.58. The lowest BCUT2D eigenvalue weighted by atomic mass is 10.1. The Bertz CT molecular complexity index is 1080. The first-order valence-corrected chi connectivity index (χ1v) is 10.7. The van der Waals surface area contributed by atoms with Gasteiger partial charge in [-0.15, -0.1) is 0 Å². The topological polar surface area (TPSA) is 90.7 Å². The van der Waals surface area contributed by atoms with Gasteiger partial charge >= 0.3 is 0 Å². The molecule has 0 saturated carbocycles. The molecule has 8 heteroatoms. The molecule has 0 aliphatic carbocycles. The van der Waals surface area contributed by atoms with E-state index >= 15 is 0 Å². The lowest BCUT2D eigenvalue weighted by Crippen LogP contribution is -2.13. The van der Waals surface area contributed by atoms with Crippen molar-refractivity contribution in [3.05, 3.63) is 91.0 Å². The van der Waals surface area contributed by atoms with E-state index in [0.29, 0.717) is 36.0 Å². The summed E-state index contributed by atoms with van der Waals surface area (Å²) in [5.41, 5.74) is 3.03. The Labute approximate surface area is 193 Å². The van der Waals surface area contributed by atoms with Gasteiger partial charge < -0.3 is 14.8 Å². The second kappa shape index (κ2) is 10.3. The quantitative estimate of drug-likeness (QED) is 0.227. The predicted molar refractivity (Wildman–Crippen MR) is 127 cm³/mol. The van der Waals surface area contributed by atoms with Crippen LogP contribution >= 0.6 is 22.6 Å². The number of amides is 1. The third-order valence-electron chi connectivity index (χ3n) is 4.41. The van der Waals surface area contributed by atoms with Gasteiger partial charge in [0.1, 0.15) is 6.61 Å². The average molecular weight is 532 g/mol. The summed E-state index contributed by atoms with van der Waals surface area (Å²) in [6, 6.07) is 17.1. The van der Waals surface area contributed by atoms with E-state index in [-0.39, 0.29) is 11.6 Å². The summed E-state index contributed by atoms with van der Waals surface area (Å²) in [6.07, 6.45) is 0. The van der Waals surface area contributed by atoms with Gasteiger partial charge in [-0.2, -0.15) is 0 Å².